The topological polar surface area (TPSA) is 43.8 Å². The van der Waals surface area contributed by atoms with Gasteiger partial charge in [-0.1, -0.05) is 13.8 Å². The molecule has 2 rings (SSSR count). The van der Waals surface area contributed by atoms with Crippen LogP contribution in [0.2, 0.25) is 0 Å². The van der Waals surface area contributed by atoms with Crippen LogP contribution in [-0.4, -0.2) is 9.78 Å². The first-order chi connectivity index (χ1) is 8.40. The van der Waals surface area contributed by atoms with Gasteiger partial charge in [0.1, 0.15) is 11.5 Å². The standard InChI is InChI=1S/C12H15Br2N3S/c1-6(2)4-7-10(16-17(3)12(7)15)9-5-8(13)11(14)18-9/h5-6H,4,15H2,1-3H3. The Morgan fingerprint density at radius 1 is 1.44 bits per heavy atom. The van der Waals surface area contributed by atoms with Gasteiger partial charge in [-0.2, -0.15) is 5.10 Å². The quantitative estimate of drug-likeness (QED) is 0.838. The Morgan fingerprint density at radius 3 is 2.61 bits per heavy atom. The summed E-state index contributed by atoms with van der Waals surface area (Å²) >= 11 is 8.70. The SMILES string of the molecule is CC(C)Cc1c(-c2cc(Br)c(Br)s2)nn(C)c1N. The second-order valence-corrected chi connectivity index (χ2v) is 7.89. The van der Waals surface area contributed by atoms with Gasteiger partial charge in [0.2, 0.25) is 0 Å². The molecule has 2 aromatic rings. The Labute approximate surface area is 128 Å². The molecule has 2 N–H and O–H groups in total. The highest BCUT2D eigenvalue weighted by atomic mass is 79.9. The second kappa shape index (κ2) is 5.35. The first kappa shape index (κ1) is 14.1. The fourth-order valence-electron chi connectivity index (χ4n) is 1.85. The van der Waals surface area contributed by atoms with Gasteiger partial charge in [-0.3, -0.25) is 4.68 Å². The van der Waals surface area contributed by atoms with Crippen LogP contribution in [0.25, 0.3) is 10.6 Å². The van der Waals surface area contributed by atoms with Crippen molar-refractivity contribution < 1.29 is 0 Å². The lowest BCUT2D eigenvalue weighted by molar-refractivity contribution is 0.649. The number of rotatable bonds is 3. The number of hydrogen-bond donors (Lipinski definition) is 1. The number of hydrogen-bond acceptors (Lipinski definition) is 3. The molecule has 2 heterocycles. The van der Waals surface area contributed by atoms with Crippen LogP contribution in [0.1, 0.15) is 19.4 Å². The molecule has 18 heavy (non-hydrogen) atoms. The number of halogens is 2. The molecule has 0 amide bonds. The molecule has 0 aliphatic carbocycles. The largest absolute Gasteiger partial charge is 0.384 e. The Hall–Kier alpha value is -0.330. The summed E-state index contributed by atoms with van der Waals surface area (Å²) in [6.07, 6.45) is 0.947. The van der Waals surface area contributed by atoms with E-state index in [9.17, 15) is 0 Å². The van der Waals surface area contributed by atoms with E-state index >= 15 is 0 Å². The fraction of sp³-hybridized carbons (Fsp3) is 0.417. The van der Waals surface area contributed by atoms with Crippen LogP contribution in [0.3, 0.4) is 0 Å². The maximum absolute atomic E-state index is 6.12. The predicted octanol–water partition coefficient (Wildman–Crippen LogP) is 4.45. The Kier molecular flexibility index (Phi) is 4.18. The van der Waals surface area contributed by atoms with E-state index in [4.69, 9.17) is 5.73 Å². The highest BCUT2D eigenvalue weighted by Crippen LogP contribution is 2.40. The van der Waals surface area contributed by atoms with Gasteiger partial charge in [-0.05, 0) is 50.3 Å². The van der Waals surface area contributed by atoms with Crippen molar-refractivity contribution >= 4 is 49.0 Å². The maximum atomic E-state index is 6.12. The van der Waals surface area contributed by atoms with E-state index in [1.54, 1.807) is 16.0 Å². The average molecular weight is 393 g/mol. The minimum atomic E-state index is 0.557. The third kappa shape index (κ3) is 2.65. The minimum absolute atomic E-state index is 0.557. The van der Waals surface area contributed by atoms with Gasteiger partial charge in [0.15, 0.2) is 0 Å². The van der Waals surface area contributed by atoms with Crippen LogP contribution in [0, 0.1) is 5.92 Å². The van der Waals surface area contributed by atoms with E-state index in [0.717, 1.165) is 36.6 Å². The zero-order chi connectivity index (χ0) is 13.4. The van der Waals surface area contributed by atoms with Crippen LogP contribution < -0.4 is 5.73 Å². The van der Waals surface area contributed by atoms with Gasteiger partial charge in [0, 0.05) is 17.1 Å². The lowest BCUT2D eigenvalue weighted by atomic mass is 10.0. The van der Waals surface area contributed by atoms with E-state index in [-0.39, 0.29) is 0 Å². The van der Waals surface area contributed by atoms with Crippen molar-refractivity contribution in [3.8, 4) is 10.6 Å². The van der Waals surface area contributed by atoms with Crippen molar-refractivity contribution in [3.05, 3.63) is 19.9 Å². The molecule has 2 aromatic heterocycles. The smallest absolute Gasteiger partial charge is 0.125 e. The molecule has 0 unspecified atom stereocenters. The summed E-state index contributed by atoms with van der Waals surface area (Å²) in [5.41, 5.74) is 8.26. The summed E-state index contributed by atoms with van der Waals surface area (Å²) < 4.78 is 3.90. The monoisotopic (exact) mass is 391 g/mol. The highest BCUT2D eigenvalue weighted by Gasteiger charge is 2.19. The van der Waals surface area contributed by atoms with Gasteiger partial charge in [0.25, 0.3) is 0 Å². The Morgan fingerprint density at radius 2 is 2.11 bits per heavy atom. The van der Waals surface area contributed by atoms with Gasteiger partial charge in [-0.15, -0.1) is 11.3 Å². The van der Waals surface area contributed by atoms with Gasteiger partial charge in [-0.25, -0.2) is 0 Å². The van der Waals surface area contributed by atoms with Crippen molar-refractivity contribution in [1.82, 2.24) is 9.78 Å². The number of nitrogens with two attached hydrogens (primary N) is 1. The van der Waals surface area contributed by atoms with Gasteiger partial charge < -0.3 is 5.73 Å². The number of aryl methyl sites for hydroxylation is 1. The lowest BCUT2D eigenvalue weighted by Crippen LogP contribution is -2.01. The molecular weight excluding hydrogens is 378 g/mol. The molecule has 0 bridgehead atoms. The highest BCUT2D eigenvalue weighted by molar-refractivity contribution is 9.13. The lowest BCUT2D eigenvalue weighted by Gasteiger charge is -2.05. The second-order valence-electron chi connectivity index (χ2n) is 4.67. The number of nitrogens with zero attached hydrogens (tertiary/aromatic N) is 2. The van der Waals surface area contributed by atoms with E-state index in [1.807, 2.05) is 7.05 Å². The van der Waals surface area contributed by atoms with Crippen molar-refractivity contribution in [2.45, 2.75) is 20.3 Å². The van der Waals surface area contributed by atoms with E-state index in [2.05, 4.69) is 56.9 Å². The molecule has 0 fully saturated rings. The van der Waals surface area contributed by atoms with Crippen molar-refractivity contribution in [2.24, 2.45) is 13.0 Å². The summed E-state index contributed by atoms with van der Waals surface area (Å²) in [5.74, 6) is 1.32. The molecular formula is C12H15Br2N3S. The zero-order valence-corrected chi connectivity index (χ0v) is 14.5. The number of thiophene rings is 1. The molecule has 0 aliphatic heterocycles. The van der Waals surface area contributed by atoms with Crippen LogP contribution in [-0.2, 0) is 13.5 Å². The maximum Gasteiger partial charge on any atom is 0.125 e. The third-order valence-electron chi connectivity index (χ3n) is 2.68. The van der Waals surface area contributed by atoms with Crippen LogP contribution in [0.4, 0.5) is 5.82 Å². The number of anilines is 1. The molecule has 0 saturated heterocycles. The van der Waals surface area contributed by atoms with E-state index < -0.39 is 0 Å². The number of nitrogen functional groups attached to an aromatic ring is 1. The van der Waals surface area contributed by atoms with Crippen LogP contribution >= 0.6 is 43.2 Å². The van der Waals surface area contributed by atoms with E-state index in [1.165, 1.54) is 0 Å². The predicted molar refractivity (Wildman–Crippen MR) is 84.9 cm³/mol. The zero-order valence-electron chi connectivity index (χ0n) is 10.5. The Balaban J connectivity index is 2.53. The van der Waals surface area contributed by atoms with E-state index in [0.29, 0.717) is 5.92 Å². The molecule has 0 aliphatic rings. The molecule has 0 saturated carbocycles. The van der Waals surface area contributed by atoms with Crippen molar-refractivity contribution in [3.63, 3.8) is 0 Å². The van der Waals surface area contributed by atoms with Crippen molar-refractivity contribution in [1.29, 1.82) is 0 Å². The summed E-state index contributed by atoms with van der Waals surface area (Å²) in [5, 5.41) is 4.55. The molecule has 0 atom stereocenters. The van der Waals surface area contributed by atoms with Gasteiger partial charge in [0.05, 0.1) is 8.66 Å². The van der Waals surface area contributed by atoms with Crippen LogP contribution in [0.15, 0.2) is 14.3 Å². The van der Waals surface area contributed by atoms with Crippen molar-refractivity contribution in [2.75, 3.05) is 5.73 Å². The fourth-order valence-corrected chi connectivity index (χ4v) is 3.90. The summed E-state index contributed by atoms with van der Waals surface area (Å²) in [6.45, 7) is 4.38. The Bertz CT molecular complexity index is 553. The first-order valence-corrected chi connectivity index (χ1v) is 8.07. The first-order valence-electron chi connectivity index (χ1n) is 5.66. The molecule has 98 valence electrons. The summed E-state index contributed by atoms with van der Waals surface area (Å²) in [7, 11) is 1.89. The minimum Gasteiger partial charge on any atom is -0.384 e. The molecule has 0 radical (unpaired) electrons. The molecule has 0 aromatic carbocycles. The summed E-state index contributed by atoms with van der Waals surface area (Å²) in [4.78, 5) is 1.14. The van der Waals surface area contributed by atoms with Gasteiger partial charge >= 0.3 is 0 Å². The number of aromatic nitrogens is 2. The summed E-state index contributed by atoms with van der Waals surface area (Å²) in [6, 6.07) is 2.08. The average Bonchev–Trinajstić information content (AvgIpc) is 2.74. The third-order valence-corrected chi connectivity index (χ3v) is 5.95. The molecule has 6 heteroatoms. The normalized spacial score (nSPS) is 11.4. The van der Waals surface area contributed by atoms with Crippen LogP contribution in [0.5, 0.6) is 0 Å². The molecule has 0 spiro atoms. The molecule has 3 nitrogen and oxygen atoms in total.